The molecule has 2 N–H and O–H groups in total. The summed E-state index contributed by atoms with van der Waals surface area (Å²) in [4.78, 5) is 11.6. The van der Waals surface area contributed by atoms with Crippen molar-refractivity contribution in [1.29, 1.82) is 0 Å². The second-order valence-corrected chi connectivity index (χ2v) is 4.93. The number of carbonyl (C=O) groups excluding carboxylic acids is 1. The van der Waals surface area contributed by atoms with Gasteiger partial charge < -0.3 is 10.6 Å². The van der Waals surface area contributed by atoms with Crippen LogP contribution in [-0.2, 0) is 0 Å². The predicted molar refractivity (Wildman–Crippen MR) is 60.8 cm³/mol. The Hall–Kier alpha value is -0.730. The van der Waals surface area contributed by atoms with Crippen LogP contribution >= 0.6 is 0 Å². The third-order valence-electron chi connectivity index (χ3n) is 3.63. The molecule has 0 aliphatic heterocycles. The molecule has 0 radical (unpaired) electrons. The summed E-state index contributed by atoms with van der Waals surface area (Å²) >= 11 is 0. The van der Waals surface area contributed by atoms with E-state index in [9.17, 15) is 4.79 Å². The van der Waals surface area contributed by atoms with Gasteiger partial charge in [-0.05, 0) is 32.1 Å². The average molecular weight is 210 g/mol. The van der Waals surface area contributed by atoms with E-state index in [1.165, 1.54) is 32.1 Å². The van der Waals surface area contributed by atoms with Crippen LogP contribution in [0.25, 0.3) is 0 Å². The summed E-state index contributed by atoms with van der Waals surface area (Å²) in [6.45, 7) is 0. The van der Waals surface area contributed by atoms with Crippen LogP contribution in [0.1, 0.15) is 57.8 Å². The fourth-order valence-electron chi connectivity index (χ4n) is 2.39. The quantitative estimate of drug-likeness (QED) is 0.676. The van der Waals surface area contributed by atoms with Gasteiger partial charge in [0.2, 0.25) is 0 Å². The normalized spacial score (nSPS) is 24.0. The fourth-order valence-corrected chi connectivity index (χ4v) is 2.39. The Morgan fingerprint density at radius 2 is 1.20 bits per heavy atom. The molecule has 2 saturated carbocycles. The molecule has 0 bridgehead atoms. The maximum absolute atomic E-state index is 11.6. The maximum Gasteiger partial charge on any atom is 0.315 e. The number of hydrogen-bond acceptors (Lipinski definition) is 1. The highest BCUT2D eigenvalue weighted by Gasteiger charge is 2.21. The van der Waals surface area contributed by atoms with E-state index in [0.717, 1.165) is 25.7 Å². The summed E-state index contributed by atoms with van der Waals surface area (Å²) in [5, 5.41) is 6.14. The Morgan fingerprint density at radius 1 is 0.733 bits per heavy atom. The molecule has 3 heteroatoms. The van der Waals surface area contributed by atoms with Crippen LogP contribution < -0.4 is 10.6 Å². The van der Waals surface area contributed by atoms with Gasteiger partial charge in [0.1, 0.15) is 0 Å². The molecule has 0 aromatic heterocycles. The van der Waals surface area contributed by atoms with Crippen LogP contribution in [0.15, 0.2) is 0 Å². The number of hydrogen-bond donors (Lipinski definition) is 2. The van der Waals surface area contributed by atoms with Crippen molar-refractivity contribution in [2.24, 2.45) is 0 Å². The summed E-state index contributed by atoms with van der Waals surface area (Å²) < 4.78 is 0. The Labute approximate surface area is 92.0 Å². The molecule has 2 aliphatic rings. The highest BCUT2D eigenvalue weighted by atomic mass is 16.2. The minimum Gasteiger partial charge on any atom is -0.335 e. The molecule has 3 nitrogen and oxygen atoms in total. The Bertz CT molecular complexity index is 206. The number of nitrogens with one attached hydrogen (secondary N) is 2. The van der Waals surface area contributed by atoms with Gasteiger partial charge in [-0.2, -0.15) is 0 Å². The second-order valence-electron chi connectivity index (χ2n) is 4.93. The Balaban J connectivity index is 1.67. The zero-order valence-corrected chi connectivity index (χ0v) is 9.43. The van der Waals surface area contributed by atoms with Crippen molar-refractivity contribution >= 4 is 6.03 Å². The van der Waals surface area contributed by atoms with E-state index in [0.29, 0.717) is 12.1 Å². The molecule has 0 atom stereocenters. The van der Waals surface area contributed by atoms with Crippen molar-refractivity contribution in [2.75, 3.05) is 0 Å². The molecular weight excluding hydrogens is 188 g/mol. The standard InChI is InChI=1S/C12H22N2O/c15-12(14-11-8-5-9-11)13-10-6-3-1-2-4-7-10/h10-11H,1-9H2,(H2,13,14,15). The number of urea groups is 1. The van der Waals surface area contributed by atoms with Crippen LogP contribution in [0.3, 0.4) is 0 Å². The zero-order chi connectivity index (χ0) is 10.5. The van der Waals surface area contributed by atoms with E-state index in [-0.39, 0.29) is 6.03 Å². The molecular formula is C12H22N2O. The van der Waals surface area contributed by atoms with Gasteiger partial charge in [-0.25, -0.2) is 4.79 Å². The fraction of sp³-hybridized carbons (Fsp3) is 0.917. The van der Waals surface area contributed by atoms with Gasteiger partial charge in [0, 0.05) is 12.1 Å². The van der Waals surface area contributed by atoms with Gasteiger partial charge in [-0.3, -0.25) is 0 Å². The first-order valence-corrected chi connectivity index (χ1v) is 6.41. The SMILES string of the molecule is O=C(NC1CCCCCC1)NC1CCC1. The molecule has 0 aromatic rings. The summed E-state index contributed by atoms with van der Waals surface area (Å²) in [6.07, 6.45) is 11.1. The van der Waals surface area contributed by atoms with E-state index < -0.39 is 0 Å². The largest absolute Gasteiger partial charge is 0.335 e. The van der Waals surface area contributed by atoms with Crippen LogP contribution in [0.2, 0.25) is 0 Å². The van der Waals surface area contributed by atoms with Crippen LogP contribution in [0.4, 0.5) is 4.79 Å². The second kappa shape index (κ2) is 5.38. The third kappa shape index (κ3) is 3.40. The number of amides is 2. The predicted octanol–water partition coefficient (Wildman–Crippen LogP) is 2.56. The highest BCUT2D eigenvalue weighted by Crippen LogP contribution is 2.19. The van der Waals surface area contributed by atoms with Crippen molar-refractivity contribution in [2.45, 2.75) is 69.9 Å². The van der Waals surface area contributed by atoms with Gasteiger partial charge in [0.25, 0.3) is 0 Å². The topological polar surface area (TPSA) is 41.1 Å². The molecule has 0 unspecified atom stereocenters. The monoisotopic (exact) mass is 210 g/mol. The lowest BCUT2D eigenvalue weighted by atomic mass is 9.93. The zero-order valence-electron chi connectivity index (χ0n) is 9.43. The first-order valence-electron chi connectivity index (χ1n) is 6.41. The molecule has 86 valence electrons. The lowest BCUT2D eigenvalue weighted by Gasteiger charge is -2.27. The number of rotatable bonds is 2. The van der Waals surface area contributed by atoms with Crippen molar-refractivity contribution in [3.05, 3.63) is 0 Å². The summed E-state index contributed by atoms with van der Waals surface area (Å²) in [7, 11) is 0. The van der Waals surface area contributed by atoms with Crippen LogP contribution in [0.5, 0.6) is 0 Å². The third-order valence-corrected chi connectivity index (χ3v) is 3.63. The molecule has 0 aromatic carbocycles. The van der Waals surface area contributed by atoms with E-state index in [2.05, 4.69) is 10.6 Å². The molecule has 2 amide bonds. The van der Waals surface area contributed by atoms with Crippen molar-refractivity contribution in [3.8, 4) is 0 Å². The molecule has 2 rings (SSSR count). The Morgan fingerprint density at radius 3 is 1.60 bits per heavy atom. The average Bonchev–Trinajstić information content (AvgIpc) is 2.40. The van der Waals surface area contributed by atoms with Gasteiger partial charge in [0.15, 0.2) is 0 Å². The molecule has 0 saturated heterocycles. The number of carbonyl (C=O) groups is 1. The van der Waals surface area contributed by atoms with Gasteiger partial charge >= 0.3 is 6.03 Å². The molecule has 15 heavy (non-hydrogen) atoms. The van der Waals surface area contributed by atoms with Crippen LogP contribution in [-0.4, -0.2) is 18.1 Å². The summed E-state index contributed by atoms with van der Waals surface area (Å²) in [6, 6.07) is 0.940. The van der Waals surface area contributed by atoms with Gasteiger partial charge in [-0.1, -0.05) is 25.7 Å². The van der Waals surface area contributed by atoms with Crippen molar-refractivity contribution in [1.82, 2.24) is 10.6 Å². The smallest absolute Gasteiger partial charge is 0.315 e. The lowest BCUT2D eigenvalue weighted by molar-refractivity contribution is 0.223. The van der Waals surface area contributed by atoms with Gasteiger partial charge in [0.05, 0.1) is 0 Å². The molecule has 2 fully saturated rings. The van der Waals surface area contributed by atoms with E-state index in [1.807, 2.05) is 0 Å². The molecule has 0 heterocycles. The summed E-state index contributed by atoms with van der Waals surface area (Å²) in [5.41, 5.74) is 0. The molecule has 2 aliphatic carbocycles. The van der Waals surface area contributed by atoms with E-state index in [1.54, 1.807) is 0 Å². The van der Waals surface area contributed by atoms with Gasteiger partial charge in [-0.15, -0.1) is 0 Å². The Kier molecular flexibility index (Phi) is 3.87. The summed E-state index contributed by atoms with van der Waals surface area (Å²) in [5.74, 6) is 0. The molecule has 0 spiro atoms. The van der Waals surface area contributed by atoms with E-state index in [4.69, 9.17) is 0 Å². The minimum atomic E-state index is 0.0617. The lowest BCUT2D eigenvalue weighted by Crippen LogP contribution is -2.48. The minimum absolute atomic E-state index is 0.0617. The van der Waals surface area contributed by atoms with Crippen LogP contribution in [0, 0.1) is 0 Å². The van der Waals surface area contributed by atoms with Crippen molar-refractivity contribution < 1.29 is 4.79 Å². The maximum atomic E-state index is 11.6. The first-order chi connectivity index (χ1) is 7.34. The van der Waals surface area contributed by atoms with Crippen molar-refractivity contribution in [3.63, 3.8) is 0 Å². The highest BCUT2D eigenvalue weighted by molar-refractivity contribution is 5.74. The van der Waals surface area contributed by atoms with E-state index >= 15 is 0 Å². The first kappa shape index (κ1) is 10.8.